The summed E-state index contributed by atoms with van der Waals surface area (Å²) in [5.74, 6) is -1.91. The van der Waals surface area contributed by atoms with Crippen molar-refractivity contribution in [1.82, 2.24) is 19.4 Å². The van der Waals surface area contributed by atoms with Crippen molar-refractivity contribution in [2.45, 2.75) is 39.7 Å². The Morgan fingerprint density at radius 3 is 2.60 bits per heavy atom. The van der Waals surface area contributed by atoms with Gasteiger partial charge in [-0.15, -0.1) is 0 Å². The lowest BCUT2D eigenvalue weighted by molar-refractivity contribution is -0.129. The molecule has 0 saturated carbocycles. The van der Waals surface area contributed by atoms with Gasteiger partial charge in [0.15, 0.2) is 5.83 Å². The molecule has 1 aliphatic rings. The molecule has 0 aliphatic carbocycles. The van der Waals surface area contributed by atoms with Gasteiger partial charge in [-0.2, -0.15) is 4.98 Å². The summed E-state index contributed by atoms with van der Waals surface area (Å²) in [6.45, 7) is 15.4. The summed E-state index contributed by atoms with van der Waals surface area (Å²) in [7, 11) is 0. The Morgan fingerprint density at radius 1 is 1.21 bits per heavy atom. The monoisotopic (exact) mass is 603 g/mol. The van der Waals surface area contributed by atoms with Gasteiger partial charge in [0.1, 0.15) is 11.6 Å². The van der Waals surface area contributed by atoms with Crippen LogP contribution in [0.3, 0.4) is 0 Å². The normalized spacial score (nSPS) is 15.3. The highest BCUT2D eigenvalue weighted by Gasteiger charge is 2.31. The van der Waals surface area contributed by atoms with E-state index in [2.05, 4.69) is 23.1 Å². The summed E-state index contributed by atoms with van der Waals surface area (Å²) in [6, 6.07) is 9.61. The molecule has 0 unspecified atom stereocenters. The number of nitrogens with zero attached hydrogens (tertiary/aromatic N) is 5. The van der Waals surface area contributed by atoms with Gasteiger partial charge >= 0.3 is 5.69 Å². The fourth-order valence-corrected chi connectivity index (χ4v) is 6.02. The number of aryl methyl sites for hydroxylation is 1. The zero-order valence-corrected chi connectivity index (χ0v) is 25.3. The minimum atomic E-state index is -1.02. The second-order valence-electron chi connectivity index (χ2n) is 11.0. The van der Waals surface area contributed by atoms with E-state index in [-0.39, 0.29) is 35.6 Å². The van der Waals surface area contributed by atoms with Crippen molar-refractivity contribution in [3.05, 3.63) is 99.7 Å². The number of pyridine rings is 1. The number of amides is 1. The lowest BCUT2D eigenvalue weighted by Crippen LogP contribution is -2.54. The third-order valence-electron chi connectivity index (χ3n) is 7.84. The summed E-state index contributed by atoms with van der Waals surface area (Å²) in [6.07, 6.45) is 3.26. The lowest BCUT2D eigenvalue weighted by Gasteiger charge is -2.40. The molecule has 2 aromatic heterocycles. The number of carbonyl (C=O) groups excluding carboxylic acids is 1. The number of halogens is 3. The van der Waals surface area contributed by atoms with Crippen molar-refractivity contribution >= 4 is 40.3 Å². The van der Waals surface area contributed by atoms with Crippen LogP contribution in [-0.2, 0) is 4.79 Å². The van der Waals surface area contributed by atoms with E-state index in [1.807, 2.05) is 38.7 Å². The van der Waals surface area contributed by atoms with Crippen LogP contribution in [0.5, 0.6) is 0 Å². The molecule has 0 spiro atoms. The maximum absolute atomic E-state index is 15.3. The van der Waals surface area contributed by atoms with Gasteiger partial charge in [-0.05, 0) is 55.2 Å². The van der Waals surface area contributed by atoms with Crippen LogP contribution in [-0.4, -0.2) is 51.0 Å². The van der Waals surface area contributed by atoms with E-state index in [4.69, 9.17) is 11.6 Å². The van der Waals surface area contributed by atoms with Crippen LogP contribution in [0.4, 0.5) is 14.6 Å². The SMILES string of the molecule is C=Cc1cccc(F)c1-c1cc2c(cc1Cl)c(N1CCN(C(=O)C(=C)F)C[C@@H]1C)nc(=O)n2-c1c(C)ccnc1C(C)C. The Morgan fingerprint density at radius 2 is 1.95 bits per heavy atom. The van der Waals surface area contributed by atoms with Gasteiger partial charge in [-0.1, -0.05) is 56.8 Å². The van der Waals surface area contributed by atoms with Crippen LogP contribution in [0.25, 0.3) is 33.8 Å². The van der Waals surface area contributed by atoms with Gasteiger partial charge in [0.2, 0.25) is 0 Å². The summed E-state index contributed by atoms with van der Waals surface area (Å²) in [5, 5.41) is 0.820. The van der Waals surface area contributed by atoms with E-state index >= 15 is 4.39 Å². The number of carbonyl (C=O) groups is 1. The molecule has 3 heterocycles. The lowest BCUT2D eigenvalue weighted by atomic mass is 9.97. The van der Waals surface area contributed by atoms with Gasteiger partial charge in [-0.25, -0.2) is 13.6 Å². The maximum atomic E-state index is 15.3. The van der Waals surface area contributed by atoms with E-state index in [0.29, 0.717) is 45.8 Å². The quantitative estimate of drug-likeness (QED) is 0.226. The molecule has 0 bridgehead atoms. The molecule has 0 radical (unpaired) electrons. The molecular formula is C33H32ClF2N5O2. The highest BCUT2D eigenvalue weighted by atomic mass is 35.5. The number of benzene rings is 2. The topological polar surface area (TPSA) is 71.3 Å². The van der Waals surface area contributed by atoms with Crippen LogP contribution in [0.15, 0.2) is 66.4 Å². The standard InChI is InChI=1S/C33H32ClF2N5O2/c1-7-22-9-8-10-26(36)28(22)23-16-27-24(15-25(23)34)31(40-14-13-39(17-20(40)5)32(42)21(6)35)38-33(43)41(27)30-19(4)11-12-37-29(30)18(2)3/h7-12,15-16,18,20H,1,6,13-14,17H2,2-5H3/t20-/m0/s1. The smallest absolute Gasteiger partial charge is 0.350 e. The Bertz CT molecular complexity index is 1850. The van der Waals surface area contributed by atoms with Crippen LogP contribution in [0.2, 0.25) is 5.02 Å². The molecule has 1 aliphatic heterocycles. The van der Waals surface area contributed by atoms with Crippen LogP contribution in [0, 0.1) is 12.7 Å². The third-order valence-corrected chi connectivity index (χ3v) is 8.15. The minimum absolute atomic E-state index is 0.0156. The predicted molar refractivity (Wildman–Crippen MR) is 168 cm³/mol. The Balaban J connectivity index is 1.82. The van der Waals surface area contributed by atoms with Gasteiger partial charge in [0.05, 0.1) is 16.9 Å². The number of rotatable bonds is 6. The number of piperazine rings is 1. The first-order valence-corrected chi connectivity index (χ1v) is 14.4. The highest BCUT2D eigenvalue weighted by molar-refractivity contribution is 6.34. The molecule has 2 aromatic carbocycles. The second kappa shape index (κ2) is 11.7. The maximum Gasteiger partial charge on any atom is 0.354 e. The Hall–Kier alpha value is -4.37. The van der Waals surface area contributed by atoms with Crippen LogP contribution >= 0.6 is 11.6 Å². The zero-order chi connectivity index (χ0) is 31.2. The van der Waals surface area contributed by atoms with Gasteiger partial charge in [-0.3, -0.25) is 14.3 Å². The Labute approximate surface area is 253 Å². The minimum Gasteiger partial charge on any atom is -0.350 e. The fraction of sp³-hybridized carbons (Fsp3) is 0.273. The van der Waals surface area contributed by atoms with E-state index in [0.717, 1.165) is 5.56 Å². The van der Waals surface area contributed by atoms with Crippen molar-refractivity contribution < 1.29 is 13.6 Å². The average Bonchev–Trinajstić information content (AvgIpc) is 2.96. The van der Waals surface area contributed by atoms with Gasteiger partial charge in [0.25, 0.3) is 5.91 Å². The number of aromatic nitrogens is 3. The first-order chi connectivity index (χ1) is 20.4. The molecule has 1 amide bonds. The summed E-state index contributed by atoms with van der Waals surface area (Å²) >= 11 is 6.89. The van der Waals surface area contributed by atoms with Crippen molar-refractivity contribution in [2.75, 3.05) is 24.5 Å². The molecule has 4 aromatic rings. The molecule has 1 saturated heterocycles. The zero-order valence-electron chi connectivity index (χ0n) is 24.5. The van der Waals surface area contributed by atoms with Crippen LogP contribution in [0.1, 0.15) is 43.5 Å². The van der Waals surface area contributed by atoms with E-state index in [1.54, 1.807) is 36.5 Å². The van der Waals surface area contributed by atoms with Crippen molar-refractivity contribution in [3.8, 4) is 16.8 Å². The molecule has 43 heavy (non-hydrogen) atoms. The molecule has 7 nitrogen and oxygen atoms in total. The van der Waals surface area contributed by atoms with E-state index in [9.17, 15) is 14.0 Å². The average molecular weight is 604 g/mol. The molecular weight excluding hydrogens is 572 g/mol. The third kappa shape index (κ3) is 5.33. The van der Waals surface area contributed by atoms with Gasteiger partial charge < -0.3 is 9.80 Å². The molecule has 10 heteroatoms. The van der Waals surface area contributed by atoms with Crippen molar-refractivity contribution in [2.24, 2.45) is 0 Å². The molecule has 1 fully saturated rings. The molecule has 1 atom stereocenters. The number of anilines is 1. The highest BCUT2D eigenvalue weighted by Crippen LogP contribution is 2.39. The van der Waals surface area contributed by atoms with E-state index < -0.39 is 23.2 Å². The number of hydrogen-bond acceptors (Lipinski definition) is 5. The molecule has 222 valence electrons. The van der Waals surface area contributed by atoms with Crippen molar-refractivity contribution in [1.29, 1.82) is 0 Å². The first kappa shape index (κ1) is 30.1. The largest absolute Gasteiger partial charge is 0.354 e. The summed E-state index contributed by atoms with van der Waals surface area (Å²) in [4.78, 5) is 38.8. The summed E-state index contributed by atoms with van der Waals surface area (Å²) in [5.41, 5.74) is 3.25. The summed E-state index contributed by atoms with van der Waals surface area (Å²) < 4.78 is 30.5. The van der Waals surface area contributed by atoms with E-state index in [1.165, 1.54) is 15.5 Å². The molecule has 0 N–H and O–H groups in total. The second-order valence-corrected chi connectivity index (χ2v) is 11.4. The van der Waals surface area contributed by atoms with Crippen molar-refractivity contribution in [3.63, 3.8) is 0 Å². The first-order valence-electron chi connectivity index (χ1n) is 14.0. The Kier molecular flexibility index (Phi) is 8.21. The van der Waals surface area contributed by atoms with Gasteiger partial charge in [0, 0.05) is 53.4 Å². The molecule has 5 rings (SSSR count). The van der Waals surface area contributed by atoms with Crippen LogP contribution < -0.4 is 10.6 Å². The predicted octanol–water partition coefficient (Wildman–Crippen LogP) is 6.84. The number of fused-ring (bicyclic) bond motifs is 1. The number of hydrogen-bond donors (Lipinski definition) is 0. The fourth-order valence-electron chi connectivity index (χ4n) is 5.76.